The van der Waals surface area contributed by atoms with Gasteiger partial charge in [-0.1, -0.05) is 13.0 Å². The Hall–Kier alpha value is -1.18. The number of hydrogen-bond donors (Lipinski definition) is 1. The number of hydrogen-bond acceptors (Lipinski definition) is 3. The Morgan fingerprint density at radius 1 is 1.17 bits per heavy atom. The van der Waals surface area contributed by atoms with Crippen LogP contribution in [-0.4, -0.2) is 55.5 Å². The van der Waals surface area contributed by atoms with Crippen LogP contribution in [0, 0.1) is 13.8 Å². The van der Waals surface area contributed by atoms with Gasteiger partial charge in [0, 0.05) is 32.7 Å². The van der Waals surface area contributed by atoms with Crippen molar-refractivity contribution in [2.24, 2.45) is 0 Å². The normalized spacial score (nSPS) is 16.4. The maximum absolute atomic E-state index is 12.8. The summed E-state index contributed by atoms with van der Waals surface area (Å²) in [6.07, 6.45) is 1.02. The minimum atomic E-state index is -3.42. The number of benzene rings is 1. The van der Waals surface area contributed by atoms with Gasteiger partial charge in [-0.2, -0.15) is 4.31 Å². The third kappa shape index (κ3) is 4.22. The molecule has 0 atom stereocenters. The molecule has 128 valence electrons. The van der Waals surface area contributed by atoms with Crippen LogP contribution in [0.25, 0.3) is 0 Å². The second-order valence-corrected chi connectivity index (χ2v) is 8.19. The molecule has 7 heteroatoms. The van der Waals surface area contributed by atoms with Crippen LogP contribution in [-0.2, 0) is 10.0 Å². The van der Waals surface area contributed by atoms with Gasteiger partial charge in [-0.05, 0) is 55.7 Å². The molecule has 1 aromatic rings. The number of piperazine rings is 1. The van der Waals surface area contributed by atoms with Crippen molar-refractivity contribution >= 4 is 27.4 Å². The number of nitrogens with one attached hydrogen (secondary N) is 1. The van der Waals surface area contributed by atoms with Gasteiger partial charge < -0.3 is 10.2 Å². The molecule has 1 aromatic carbocycles. The predicted molar refractivity (Wildman–Crippen MR) is 97.1 cm³/mol. The zero-order valence-electron chi connectivity index (χ0n) is 14.0. The standard InChI is InChI=1S/C16H25N3O2S2/c1-4-7-17-16(22)18-8-10-19(11-9-18)23(20,21)15-6-5-13(2)14(3)12-15/h5-6,12H,4,7-11H2,1-3H3,(H,17,22). The van der Waals surface area contributed by atoms with E-state index in [9.17, 15) is 8.42 Å². The predicted octanol–water partition coefficient (Wildman–Crippen LogP) is 1.89. The molecule has 1 heterocycles. The molecule has 2 rings (SSSR count). The molecule has 5 nitrogen and oxygen atoms in total. The van der Waals surface area contributed by atoms with E-state index in [0.717, 1.165) is 29.2 Å². The van der Waals surface area contributed by atoms with E-state index in [1.807, 2.05) is 24.8 Å². The van der Waals surface area contributed by atoms with Crippen molar-refractivity contribution in [3.63, 3.8) is 0 Å². The highest BCUT2D eigenvalue weighted by Crippen LogP contribution is 2.20. The maximum Gasteiger partial charge on any atom is 0.243 e. The Bertz CT molecular complexity index is 666. The molecule has 0 radical (unpaired) electrons. The van der Waals surface area contributed by atoms with E-state index < -0.39 is 10.0 Å². The topological polar surface area (TPSA) is 52.6 Å². The van der Waals surface area contributed by atoms with E-state index in [1.165, 1.54) is 0 Å². The van der Waals surface area contributed by atoms with Gasteiger partial charge in [-0.3, -0.25) is 0 Å². The van der Waals surface area contributed by atoms with E-state index >= 15 is 0 Å². The molecule has 0 aliphatic carbocycles. The summed E-state index contributed by atoms with van der Waals surface area (Å²) >= 11 is 5.34. The molecular weight excluding hydrogens is 330 g/mol. The summed E-state index contributed by atoms with van der Waals surface area (Å²) in [5, 5.41) is 3.91. The van der Waals surface area contributed by atoms with Crippen molar-refractivity contribution in [2.45, 2.75) is 32.1 Å². The average molecular weight is 356 g/mol. The molecule has 1 saturated heterocycles. The highest BCUT2D eigenvalue weighted by Gasteiger charge is 2.29. The Balaban J connectivity index is 2.03. The molecule has 1 fully saturated rings. The van der Waals surface area contributed by atoms with E-state index in [2.05, 4.69) is 12.2 Å². The fourth-order valence-electron chi connectivity index (χ4n) is 2.50. The van der Waals surface area contributed by atoms with Crippen molar-refractivity contribution in [3.05, 3.63) is 29.3 Å². The fourth-order valence-corrected chi connectivity index (χ4v) is 4.29. The van der Waals surface area contributed by atoms with Crippen LogP contribution in [0.3, 0.4) is 0 Å². The lowest BCUT2D eigenvalue weighted by Crippen LogP contribution is -2.53. The SMILES string of the molecule is CCCNC(=S)N1CCN(S(=O)(=O)c2ccc(C)c(C)c2)CC1. The Labute approximate surface area is 144 Å². The van der Waals surface area contributed by atoms with Gasteiger partial charge >= 0.3 is 0 Å². The van der Waals surface area contributed by atoms with Crippen molar-refractivity contribution in [1.29, 1.82) is 0 Å². The monoisotopic (exact) mass is 355 g/mol. The Kier molecular flexibility index (Phi) is 6.00. The van der Waals surface area contributed by atoms with Crippen LogP contribution in [0.1, 0.15) is 24.5 Å². The van der Waals surface area contributed by atoms with Gasteiger partial charge in [-0.15, -0.1) is 0 Å². The van der Waals surface area contributed by atoms with Crippen LogP contribution in [0.4, 0.5) is 0 Å². The second kappa shape index (κ2) is 7.59. The van der Waals surface area contributed by atoms with Crippen molar-refractivity contribution in [3.8, 4) is 0 Å². The second-order valence-electron chi connectivity index (χ2n) is 5.87. The van der Waals surface area contributed by atoms with Gasteiger partial charge in [0.2, 0.25) is 10.0 Å². The Morgan fingerprint density at radius 3 is 2.39 bits per heavy atom. The summed E-state index contributed by atoms with van der Waals surface area (Å²) in [6.45, 7) is 9.02. The molecular formula is C16H25N3O2S2. The summed E-state index contributed by atoms with van der Waals surface area (Å²) in [6, 6.07) is 5.31. The first-order chi connectivity index (χ1) is 10.9. The van der Waals surface area contributed by atoms with Gasteiger partial charge in [0.05, 0.1) is 4.90 Å². The largest absolute Gasteiger partial charge is 0.363 e. The van der Waals surface area contributed by atoms with Crippen molar-refractivity contribution < 1.29 is 8.42 Å². The molecule has 1 aliphatic rings. The highest BCUT2D eigenvalue weighted by atomic mass is 32.2. The van der Waals surface area contributed by atoms with E-state index in [0.29, 0.717) is 31.1 Å². The quantitative estimate of drug-likeness (QED) is 0.836. The number of aryl methyl sites for hydroxylation is 2. The van der Waals surface area contributed by atoms with Crippen LogP contribution >= 0.6 is 12.2 Å². The molecule has 0 saturated carbocycles. The number of sulfonamides is 1. The minimum Gasteiger partial charge on any atom is -0.363 e. The fraction of sp³-hybridized carbons (Fsp3) is 0.562. The third-order valence-corrected chi connectivity index (χ3v) is 6.47. The van der Waals surface area contributed by atoms with Gasteiger partial charge in [-0.25, -0.2) is 8.42 Å². The number of nitrogens with zero attached hydrogens (tertiary/aromatic N) is 2. The third-order valence-electron chi connectivity index (χ3n) is 4.17. The van der Waals surface area contributed by atoms with Crippen molar-refractivity contribution in [2.75, 3.05) is 32.7 Å². The van der Waals surface area contributed by atoms with E-state index in [1.54, 1.807) is 16.4 Å². The lowest BCUT2D eigenvalue weighted by atomic mass is 10.1. The van der Waals surface area contributed by atoms with Gasteiger partial charge in [0.25, 0.3) is 0 Å². The van der Waals surface area contributed by atoms with Crippen LogP contribution in [0.2, 0.25) is 0 Å². The molecule has 23 heavy (non-hydrogen) atoms. The minimum absolute atomic E-state index is 0.376. The zero-order chi connectivity index (χ0) is 17.0. The molecule has 0 unspecified atom stereocenters. The Morgan fingerprint density at radius 2 is 1.83 bits per heavy atom. The van der Waals surface area contributed by atoms with E-state index in [-0.39, 0.29) is 0 Å². The summed E-state index contributed by atoms with van der Waals surface area (Å²) in [5.41, 5.74) is 2.09. The van der Waals surface area contributed by atoms with Crippen LogP contribution < -0.4 is 5.32 Å². The first-order valence-electron chi connectivity index (χ1n) is 7.96. The molecule has 1 aliphatic heterocycles. The maximum atomic E-state index is 12.8. The highest BCUT2D eigenvalue weighted by molar-refractivity contribution is 7.89. The van der Waals surface area contributed by atoms with Crippen molar-refractivity contribution in [1.82, 2.24) is 14.5 Å². The van der Waals surface area contributed by atoms with Gasteiger partial charge in [0.15, 0.2) is 5.11 Å². The first kappa shape index (κ1) is 18.2. The van der Waals surface area contributed by atoms with Crippen LogP contribution in [0.5, 0.6) is 0 Å². The van der Waals surface area contributed by atoms with E-state index in [4.69, 9.17) is 12.2 Å². The average Bonchev–Trinajstić information content (AvgIpc) is 2.55. The smallest absolute Gasteiger partial charge is 0.243 e. The summed E-state index contributed by atoms with van der Waals surface area (Å²) < 4.78 is 27.1. The van der Waals surface area contributed by atoms with Gasteiger partial charge in [0.1, 0.15) is 0 Å². The molecule has 1 N–H and O–H groups in total. The molecule has 0 amide bonds. The molecule has 0 aromatic heterocycles. The first-order valence-corrected chi connectivity index (χ1v) is 9.81. The zero-order valence-corrected chi connectivity index (χ0v) is 15.6. The number of rotatable bonds is 4. The summed E-state index contributed by atoms with van der Waals surface area (Å²) in [5.74, 6) is 0. The summed E-state index contributed by atoms with van der Waals surface area (Å²) in [7, 11) is -3.42. The van der Waals surface area contributed by atoms with Crippen LogP contribution in [0.15, 0.2) is 23.1 Å². The lowest BCUT2D eigenvalue weighted by molar-refractivity contribution is 0.264. The number of thiocarbonyl (C=S) groups is 1. The summed E-state index contributed by atoms with van der Waals surface area (Å²) in [4.78, 5) is 2.41. The molecule has 0 bridgehead atoms. The lowest BCUT2D eigenvalue weighted by Gasteiger charge is -2.35. The molecule has 0 spiro atoms.